The molecular formula is C34H41N3O7. The van der Waals surface area contributed by atoms with Gasteiger partial charge in [-0.05, 0) is 62.4 Å². The van der Waals surface area contributed by atoms with Crippen molar-refractivity contribution in [3.63, 3.8) is 0 Å². The predicted molar refractivity (Wildman–Crippen MR) is 166 cm³/mol. The standard InChI is InChI=1S/C34H41N3O7/c1-24(35-31(39)25(2)36-33(41)44-23-28-13-8-5-9-14-28)32(40)37-30(34(3,42)19-10-20-38)21-26-15-17-29(18-16-26)43-22-27-11-6-4-7-12-27/h4-9,11-18,20,24-25,30,42H,10,19,21-23H2,1-3H3,(H,35,39)(H,36,41)(H,37,40)/t24-,25-,30?,34?/m0/s1. The summed E-state index contributed by atoms with van der Waals surface area (Å²) >= 11 is 0. The summed E-state index contributed by atoms with van der Waals surface area (Å²) in [6.45, 7) is 5.02. The molecule has 0 radical (unpaired) electrons. The van der Waals surface area contributed by atoms with Gasteiger partial charge in [0.25, 0.3) is 0 Å². The summed E-state index contributed by atoms with van der Waals surface area (Å²) in [5, 5.41) is 19.1. The van der Waals surface area contributed by atoms with E-state index in [1.807, 2.05) is 84.9 Å². The Balaban J connectivity index is 1.56. The first kappa shape index (κ1) is 33.8. The molecule has 0 aliphatic heterocycles. The molecule has 0 aliphatic rings. The quantitative estimate of drug-likeness (QED) is 0.182. The predicted octanol–water partition coefficient (Wildman–Crippen LogP) is 3.84. The molecule has 0 aliphatic carbocycles. The molecule has 44 heavy (non-hydrogen) atoms. The lowest BCUT2D eigenvalue weighted by atomic mass is 9.86. The Bertz CT molecular complexity index is 1350. The van der Waals surface area contributed by atoms with Gasteiger partial charge in [0, 0.05) is 6.42 Å². The van der Waals surface area contributed by atoms with Gasteiger partial charge in [0.05, 0.1) is 11.6 Å². The van der Waals surface area contributed by atoms with Gasteiger partial charge in [0.15, 0.2) is 0 Å². The molecule has 4 atom stereocenters. The number of aliphatic hydroxyl groups is 1. The first-order valence-corrected chi connectivity index (χ1v) is 14.6. The van der Waals surface area contributed by atoms with Gasteiger partial charge < -0.3 is 35.3 Å². The van der Waals surface area contributed by atoms with Crippen LogP contribution in [0.4, 0.5) is 4.79 Å². The zero-order chi connectivity index (χ0) is 32.0. The second-order valence-corrected chi connectivity index (χ2v) is 10.9. The average molecular weight is 604 g/mol. The SMILES string of the molecule is C[C@H](NC(=O)OCc1ccccc1)C(=O)N[C@@H](C)C(=O)NC(Cc1ccc(OCc2ccccc2)cc1)C(C)(O)CCC=O. The molecule has 10 heteroatoms. The highest BCUT2D eigenvalue weighted by Gasteiger charge is 2.34. The first-order valence-electron chi connectivity index (χ1n) is 14.6. The molecule has 0 saturated carbocycles. The van der Waals surface area contributed by atoms with E-state index in [1.165, 1.54) is 13.8 Å². The molecule has 4 N–H and O–H groups in total. The zero-order valence-electron chi connectivity index (χ0n) is 25.3. The van der Waals surface area contributed by atoms with Crippen molar-refractivity contribution in [3.05, 3.63) is 102 Å². The Morgan fingerprint density at radius 1 is 0.773 bits per heavy atom. The van der Waals surface area contributed by atoms with Crippen molar-refractivity contribution >= 4 is 24.2 Å². The topological polar surface area (TPSA) is 143 Å². The normalized spacial score (nSPS) is 14.2. The van der Waals surface area contributed by atoms with Crippen LogP contribution in [-0.2, 0) is 38.8 Å². The second kappa shape index (κ2) is 16.8. The molecule has 3 amide bonds. The maximum Gasteiger partial charge on any atom is 0.408 e. The van der Waals surface area contributed by atoms with Crippen LogP contribution >= 0.6 is 0 Å². The number of alkyl carbamates (subject to hydrolysis) is 1. The Labute approximate surface area is 258 Å². The van der Waals surface area contributed by atoms with Crippen molar-refractivity contribution in [2.75, 3.05) is 0 Å². The molecule has 0 heterocycles. The maximum absolute atomic E-state index is 13.1. The summed E-state index contributed by atoms with van der Waals surface area (Å²) in [5.74, 6) is -0.440. The average Bonchev–Trinajstić information content (AvgIpc) is 3.03. The minimum Gasteiger partial charge on any atom is -0.489 e. The minimum atomic E-state index is -1.42. The zero-order valence-corrected chi connectivity index (χ0v) is 25.3. The molecule has 0 saturated heterocycles. The molecule has 3 rings (SSSR count). The van der Waals surface area contributed by atoms with E-state index in [0.717, 1.165) is 16.7 Å². The molecule has 10 nitrogen and oxygen atoms in total. The molecule has 0 aromatic heterocycles. The van der Waals surface area contributed by atoms with Gasteiger partial charge in [0.2, 0.25) is 11.8 Å². The van der Waals surface area contributed by atoms with Crippen LogP contribution in [-0.4, -0.2) is 53.0 Å². The van der Waals surface area contributed by atoms with E-state index in [0.29, 0.717) is 18.6 Å². The van der Waals surface area contributed by atoms with E-state index in [2.05, 4.69) is 16.0 Å². The Morgan fingerprint density at radius 3 is 1.91 bits per heavy atom. The molecule has 234 valence electrons. The van der Waals surface area contributed by atoms with Crippen molar-refractivity contribution in [2.24, 2.45) is 0 Å². The lowest BCUT2D eigenvalue weighted by Gasteiger charge is -2.34. The lowest BCUT2D eigenvalue weighted by molar-refractivity contribution is -0.131. The Kier molecular flexibility index (Phi) is 12.9. The van der Waals surface area contributed by atoms with Crippen LogP contribution < -0.4 is 20.7 Å². The summed E-state index contributed by atoms with van der Waals surface area (Å²) in [6, 6.07) is 23.5. The van der Waals surface area contributed by atoms with E-state index < -0.39 is 41.6 Å². The van der Waals surface area contributed by atoms with Crippen LogP contribution in [0.2, 0.25) is 0 Å². The van der Waals surface area contributed by atoms with E-state index >= 15 is 0 Å². The van der Waals surface area contributed by atoms with Gasteiger partial charge in [-0.3, -0.25) is 9.59 Å². The highest BCUT2D eigenvalue weighted by molar-refractivity contribution is 5.91. The number of hydrogen-bond donors (Lipinski definition) is 4. The molecule has 0 spiro atoms. The fourth-order valence-corrected chi connectivity index (χ4v) is 4.36. The second-order valence-electron chi connectivity index (χ2n) is 10.9. The van der Waals surface area contributed by atoms with E-state index in [4.69, 9.17) is 9.47 Å². The summed E-state index contributed by atoms with van der Waals surface area (Å²) in [5.41, 5.74) is 1.26. The number of benzene rings is 3. The first-order chi connectivity index (χ1) is 21.1. The fraction of sp³-hybridized carbons (Fsp3) is 0.353. The molecular weight excluding hydrogens is 562 g/mol. The Morgan fingerprint density at radius 2 is 1.32 bits per heavy atom. The third-order valence-electron chi connectivity index (χ3n) is 7.14. The summed E-state index contributed by atoms with van der Waals surface area (Å²) < 4.78 is 11.0. The van der Waals surface area contributed by atoms with Crippen LogP contribution in [0.3, 0.4) is 0 Å². The summed E-state index contributed by atoms with van der Waals surface area (Å²) in [6.07, 6.45) is 0.460. The number of amides is 3. The van der Waals surface area contributed by atoms with Gasteiger partial charge in [-0.1, -0.05) is 72.8 Å². The summed E-state index contributed by atoms with van der Waals surface area (Å²) in [4.78, 5) is 49.0. The third-order valence-corrected chi connectivity index (χ3v) is 7.14. The highest BCUT2D eigenvalue weighted by Crippen LogP contribution is 2.22. The van der Waals surface area contributed by atoms with Crippen molar-refractivity contribution in [3.8, 4) is 5.75 Å². The van der Waals surface area contributed by atoms with E-state index in [1.54, 1.807) is 6.92 Å². The van der Waals surface area contributed by atoms with Crippen LogP contribution in [0.15, 0.2) is 84.9 Å². The molecule has 0 bridgehead atoms. The van der Waals surface area contributed by atoms with Gasteiger partial charge >= 0.3 is 6.09 Å². The molecule has 2 unspecified atom stereocenters. The number of aldehydes is 1. The monoisotopic (exact) mass is 603 g/mol. The van der Waals surface area contributed by atoms with Crippen molar-refractivity contribution in [1.29, 1.82) is 0 Å². The van der Waals surface area contributed by atoms with Gasteiger partial charge in [-0.2, -0.15) is 0 Å². The maximum atomic E-state index is 13.1. The van der Waals surface area contributed by atoms with Crippen LogP contribution in [0.25, 0.3) is 0 Å². The van der Waals surface area contributed by atoms with E-state index in [9.17, 15) is 24.3 Å². The number of carbonyl (C=O) groups is 4. The third kappa shape index (κ3) is 11.2. The van der Waals surface area contributed by atoms with Crippen LogP contribution in [0, 0.1) is 0 Å². The minimum absolute atomic E-state index is 0.0503. The molecule has 3 aromatic rings. The number of rotatable bonds is 16. The van der Waals surface area contributed by atoms with Gasteiger partial charge in [-0.25, -0.2) is 4.79 Å². The van der Waals surface area contributed by atoms with Crippen LogP contribution in [0.5, 0.6) is 5.75 Å². The van der Waals surface area contributed by atoms with Gasteiger partial charge in [0.1, 0.15) is 37.3 Å². The number of nitrogens with one attached hydrogen (secondary N) is 3. The summed E-state index contributed by atoms with van der Waals surface area (Å²) in [7, 11) is 0. The van der Waals surface area contributed by atoms with Gasteiger partial charge in [-0.15, -0.1) is 0 Å². The largest absolute Gasteiger partial charge is 0.489 e. The lowest BCUT2D eigenvalue weighted by Crippen LogP contribution is -2.57. The number of hydrogen-bond acceptors (Lipinski definition) is 7. The fourth-order valence-electron chi connectivity index (χ4n) is 4.36. The number of carbonyl (C=O) groups excluding carboxylic acids is 4. The smallest absolute Gasteiger partial charge is 0.408 e. The van der Waals surface area contributed by atoms with Crippen LogP contribution in [0.1, 0.15) is 50.3 Å². The van der Waals surface area contributed by atoms with Crippen molar-refractivity contribution < 1.29 is 33.8 Å². The highest BCUT2D eigenvalue weighted by atomic mass is 16.5. The van der Waals surface area contributed by atoms with Crippen molar-refractivity contribution in [1.82, 2.24) is 16.0 Å². The Hall–Kier alpha value is -4.70. The molecule has 0 fully saturated rings. The molecule has 3 aromatic carbocycles. The number of ether oxygens (including phenoxy) is 2. The van der Waals surface area contributed by atoms with E-state index in [-0.39, 0.29) is 25.9 Å². The van der Waals surface area contributed by atoms with Crippen molar-refractivity contribution in [2.45, 2.75) is 77.0 Å².